The average Bonchev–Trinajstić information content (AvgIpc) is 2.36. The van der Waals surface area contributed by atoms with Crippen LogP contribution in [0.3, 0.4) is 0 Å². The zero-order chi connectivity index (χ0) is 16.0. The van der Waals surface area contributed by atoms with Gasteiger partial charge in [-0.1, -0.05) is 6.92 Å². The molecule has 0 amide bonds. The fourth-order valence-corrected chi connectivity index (χ4v) is 1.99. The molecule has 0 atom stereocenters. The third-order valence-corrected chi connectivity index (χ3v) is 2.79. The second-order valence-electron chi connectivity index (χ2n) is 4.57. The topological polar surface area (TPSA) is 84.4 Å². The quantitative estimate of drug-likeness (QED) is 0.459. The molecule has 0 bridgehead atoms. The third-order valence-electron chi connectivity index (χ3n) is 2.79. The van der Waals surface area contributed by atoms with Crippen LogP contribution < -0.4 is 11.3 Å². The first-order chi connectivity index (χ1) is 9.76. The van der Waals surface area contributed by atoms with Gasteiger partial charge in [-0.2, -0.15) is 13.2 Å². The highest BCUT2D eigenvalue weighted by molar-refractivity contribution is 5.55. The lowest BCUT2D eigenvalue weighted by Gasteiger charge is -2.24. The zero-order valence-electron chi connectivity index (χ0n) is 11.5. The Morgan fingerprint density at radius 1 is 1.43 bits per heavy atom. The van der Waals surface area contributed by atoms with Crippen LogP contribution in [0.1, 0.15) is 18.9 Å². The van der Waals surface area contributed by atoms with E-state index in [1.807, 2.05) is 0 Å². The van der Waals surface area contributed by atoms with Gasteiger partial charge in [0.15, 0.2) is 0 Å². The van der Waals surface area contributed by atoms with Crippen molar-refractivity contribution in [2.45, 2.75) is 26.1 Å². The predicted octanol–water partition coefficient (Wildman–Crippen LogP) is 2.65. The number of nitrogens with zero attached hydrogens (tertiary/aromatic N) is 2. The van der Waals surface area contributed by atoms with Crippen molar-refractivity contribution in [2.75, 3.05) is 18.5 Å². The summed E-state index contributed by atoms with van der Waals surface area (Å²) in [5.41, 5.74) is 2.87. The molecule has 0 aliphatic rings. The van der Waals surface area contributed by atoms with Crippen molar-refractivity contribution >= 4 is 11.4 Å². The number of nitro groups is 1. The summed E-state index contributed by atoms with van der Waals surface area (Å²) in [4.78, 5) is 11.3. The van der Waals surface area contributed by atoms with Gasteiger partial charge in [0.1, 0.15) is 0 Å². The summed E-state index contributed by atoms with van der Waals surface area (Å²) in [6.45, 7) is 0.841. The molecule has 0 heterocycles. The van der Waals surface area contributed by atoms with E-state index in [4.69, 9.17) is 5.84 Å². The van der Waals surface area contributed by atoms with Crippen molar-refractivity contribution in [3.8, 4) is 0 Å². The number of non-ortho nitro benzene ring substituents is 1. The predicted molar refractivity (Wildman–Crippen MR) is 72.5 cm³/mol. The first kappa shape index (κ1) is 17.2. The Bertz CT molecular complexity index is 494. The molecule has 0 saturated heterocycles. The first-order valence-corrected chi connectivity index (χ1v) is 6.30. The zero-order valence-corrected chi connectivity index (χ0v) is 11.5. The Morgan fingerprint density at radius 3 is 2.57 bits per heavy atom. The van der Waals surface area contributed by atoms with Crippen LogP contribution in [-0.4, -0.2) is 29.1 Å². The second-order valence-corrected chi connectivity index (χ2v) is 4.57. The normalized spacial score (nSPS) is 11.7. The van der Waals surface area contributed by atoms with Gasteiger partial charge in [0.25, 0.3) is 5.69 Å². The van der Waals surface area contributed by atoms with E-state index in [0.29, 0.717) is 17.7 Å². The number of halogens is 3. The molecular weight excluding hydrogens is 289 g/mol. The van der Waals surface area contributed by atoms with Crippen molar-refractivity contribution in [3.05, 3.63) is 33.9 Å². The lowest BCUT2D eigenvalue weighted by Crippen LogP contribution is -2.34. The number of rotatable bonds is 7. The molecule has 0 aromatic heterocycles. The minimum atomic E-state index is -4.33. The van der Waals surface area contributed by atoms with E-state index in [1.165, 1.54) is 23.1 Å². The summed E-state index contributed by atoms with van der Waals surface area (Å²) in [7, 11) is 0. The van der Waals surface area contributed by atoms with Crippen molar-refractivity contribution in [2.24, 2.45) is 5.84 Å². The number of nitrogens with one attached hydrogen (secondary N) is 1. The highest BCUT2D eigenvalue weighted by atomic mass is 19.4. The molecule has 0 aliphatic heterocycles. The monoisotopic (exact) mass is 306 g/mol. The molecule has 0 aliphatic carbocycles. The van der Waals surface area contributed by atoms with Crippen LogP contribution >= 0.6 is 0 Å². The average molecular weight is 306 g/mol. The molecule has 1 aromatic carbocycles. The molecule has 0 spiro atoms. The van der Waals surface area contributed by atoms with Crippen LogP contribution in [0, 0.1) is 10.1 Å². The van der Waals surface area contributed by atoms with E-state index in [-0.39, 0.29) is 18.8 Å². The second kappa shape index (κ2) is 7.23. The minimum absolute atomic E-state index is 0.0748. The number of nitro benzene ring substituents is 1. The van der Waals surface area contributed by atoms with Crippen molar-refractivity contribution in [1.82, 2.24) is 4.90 Å². The number of hydrazine groups is 1. The number of alkyl halides is 3. The number of nitrogens with two attached hydrogens (primary N) is 1. The Balaban J connectivity index is 3.00. The fourth-order valence-electron chi connectivity index (χ4n) is 1.99. The third kappa shape index (κ3) is 5.56. The SMILES string of the molecule is CCCN(Cc1cc([N+](=O)[O-])ccc1NN)CC(F)(F)F. The van der Waals surface area contributed by atoms with E-state index in [9.17, 15) is 23.3 Å². The maximum absolute atomic E-state index is 12.5. The maximum Gasteiger partial charge on any atom is 0.401 e. The van der Waals surface area contributed by atoms with E-state index in [0.717, 1.165) is 0 Å². The lowest BCUT2D eigenvalue weighted by molar-refractivity contribution is -0.384. The van der Waals surface area contributed by atoms with E-state index < -0.39 is 17.6 Å². The molecule has 1 aromatic rings. The van der Waals surface area contributed by atoms with Gasteiger partial charge in [-0.05, 0) is 24.6 Å². The molecule has 21 heavy (non-hydrogen) atoms. The van der Waals surface area contributed by atoms with E-state index >= 15 is 0 Å². The van der Waals surface area contributed by atoms with Gasteiger partial charge >= 0.3 is 6.18 Å². The van der Waals surface area contributed by atoms with Crippen molar-refractivity contribution < 1.29 is 18.1 Å². The van der Waals surface area contributed by atoms with Gasteiger partial charge in [0.2, 0.25) is 0 Å². The molecule has 0 radical (unpaired) electrons. The van der Waals surface area contributed by atoms with Crippen LogP contribution in [0.5, 0.6) is 0 Å². The number of hydrogen-bond donors (Lipinski definition) is 2. The standard InChI is InChI=1S/C12H17F3N4O2/c1-2-5-18(8-12(13,14)15)7-9-6-10(19(20)21)3-4-11(9)17-16/h3-4,6,17H,2,5,7-8,16H2,1H3. The molecule has 0 saturated carbocycles. The summed E-state index contributed by atoms with van der Waals surface area (Å²) in [5.74, 6) is 5.29. The van der Waals surface area contributed by atoms with Gasteiger partial charge in [-0.3, -0.25) is 20.9 Å². The molecule has 3 N–H and O–H groups in total. The van der Waals surface area contributed by atoms with Gasteiger partial charge in [-0.25, -0.2) is 0 Å². The van der Waals surface area contributed by atoms with E-state index in [2.05, 4.69) is 5.43 Å². The Labute approximate surface area is 119 Å². The number of nitrogen functional groups attached to an aromatic ring is 1. The largest absolute Gasteiger partial charge is 0.401 e. The van der Waals surface area contributed by atoms with Gasteiger partial charge in [-0.15, -0.1) is 0 Å². The molecule has 6 nitrogen and oxygen atoms in total. The van der Waals surface area contributed by atoms with Gasteiger partial charge in [0, 0.05) is 18.7 Å². The Kier molecular flexibility index (Phi) is 5.91. The molecule has 118 valence electrons. The highest BCUT2D eigenvalue weighted by Gasteiger charge is 2.30. The molecule has 9 heteroatoms. The van der Waals surface area contributed by atoms with Gasteiger partial charge in [0.05, 0.1) is 17.2 Å². The Hall–Kier alpha value is -1.87. The van der Waals surface area contributed by atoms with Crippen molar-refractivity contribution in [1.29, 1.82) is 0 Å². The summed E-state index contributed by atoms with van der Waals surface area (Å²) in [6, 6.07) is 3.85. The number of benzene rings is 1. The molecule has 0 unspecified atom stereocenters. The van der Waals surface area contributed by atoms with Crippen LogP contribution in [0.15, 0.2) is 18.2 Å². The lowest BCUT2D eigenvalue weighted by atomic mass is 10.1. The summed E-state index contributed by atoms with van der Waals surface area (Å²) < 4.78 is 37.6. The molecule has 0 fully saturated rings. The summed E-state index contributed by atoms with van der Waals surface area (Å²) in [6.07, 6.45) is -3.79. The van der Waals surface area contributed by atoms with Crippen LogP contribution in [-0.2, 0) is 6.54 Å². The first-order valence-electron chi connectivity index (χ1n) is 6.30. The number of anilines is 1. The van der Waals surface area contributed by atoms with Crippen LogP contribution in [0.25, 0.3) is 0 Å². The van der Waals surface area contributed by atoms with Gasteiger partial charge < -0.3 is 5.43 Å². The number of hydrogen-bond acceptors (Lipinski definition) is 5. The molecule has 1 rings (SSSR count). The van der Waals surface area contributed by atoms with E-state index in [1.54, 1.807) is 6.92 Å². The maximum atomic E-state index is 12.5. The smallest absolute Gasteiger partial charge is 0.324 e. The summed E-state index contributed by atoms with van der Waals surface area (Å²) >= 11 is 0. The van der Waals surface area contributed by atoms with Crippen molar-refractivity contribution in [3.63, 3.8) is 0 Å². The summed E-state index contributed by atoms with van der Waals surface area (Å²) in [5, 5.41) is 10.8. The van der Waals surface area contributed by atoms with Crippen LogP contribution in [0.2, 0.25) is 0 Å². The fraction of sp³-hybridized carbons (Fsp3) is 0.500. The minimum Gasteiger partial charge on any atom is -0.324 e. The highest BCUT2D eigenvalue weighted by Crippen LogP contribution is 2.25. The Morgan fingerprint density at radius 2 is 2.10 bits per heavy atom. The molecular formula is C12H17F3N4O2. The van der Waals surface area contributed by atoms with Crippen LogP contribution in [0.4, 0.5) is 24.5 Å².